The van der Waals surface area contributed by atoms with Crippen LogP contribution in [0.4, 0.5) is 0 Å². The van der Waals surface area contributed by atoms with E-state index in [1.165, 1.54) is 38.8 Å². The average Bonchev–Trinajstić information content (AvgIpc) is 3.00. The van der Waals surface area contributed by atoms with E-state index in [0.29, 0.717) is 6.04 Å². The minimum Gasteiger partial charge on any atom is -0.296 e. The van der Waals surface area contributed by atoms with Crippen molar-refractivity contribution in [1.29, 1.82) is 0 Å². The van der Waals surface area contributed by atoms with Gasteiger partial charge in [-0.1, -0.05) is 6.92 Å². The van der Waals surface area contributed by atoms with Crippen molar-refractivity contribution < 1.29 is 0 Å². The molecule has 88 valence electrons. The summed E-state index contributed by atoms with van der Waals surface area (Å²) < 4.78 is 2.03. The van der Waals surface area contributed by atoms with Crippen LogP contribution < -0.4 is 0 Å². The van der Waals surface area contributed by atoms with Gasteiger partial charge in [-0.2, -0.15) is 0 Å². The molecular formula is C11H19N5. The molecule has 0 unspecified atom stereocenters. The molecule has 1 atom stereocenters. The molecule has 1 saturated carbocycles. The van der Waals surface area contributed by atoms with Gasteiger partial charge in [0, 0.05) is 6.54 Å². The smallest absolute Gasteiger partial charge is 0.165 e. The van der Waals surface area contributed by atoms with E-state index in [1.807, 2.05) is 4.68 Å². The Morgan fingerprint density at radius 2 is 2.19 bits per heavy atom. The van der Waals surface area contributed by atoms with Gasteiger partial charge in [-0.15, -0.1) is 5.10 Å². The van der Waals surface area contributed by atoms with Gasteiger partial charge in [-0.3, -0.25) is 4.90 Å². The van der Waals surface area contributed by atoms with Gasteiger partial charge in [0.1, 0.15) is 0 Å². The van der Waals surface area contributed by atoms with Crippen molar-refractivity contribution in [3.8, 4) is 0 Å². The maximum atomic E-state index is 4.16. The van der Waals surface area contributed by atoms with Crippen molar-refractivity contribution in [2.45, 2.75) is 45.2 Å². The standard InChI is InChI=1S/C11H19N5/c1-9-3-2-6-15(7-9)8-11-12-13-14-16(11)10-4-5-10/h9-10H,2-8H2,1H3/t9-/m1/s1. The summed E-state index contributed by atoms with van der Waals surface area (Å²) in [5, 5.41) is 12.1. The van der Waals surface area contributed by atoms with Gasteiger partial charge in [-0.05, 0) is 48.6 Å². The Morgan fingerprint density at radius 1 is 1.31 bits per heavy atom. The van der Waals surface area contributed by atoms with Crippen LogP contribution in [0.25, 0.3) is 0 Å². The Morgan fingerprint density at radius 3 is 2.94 bits per heavy atom. The zero-order valence-corrected chi connectivity index (χ0v) is 9.84. The molecule has 1 aromatic heterocycles. The molecule has 1 aliphatic carbocycles. The van der Waals surface area contributed by atoms with Gasteiger partial charge >= 0.3 is 0 Å². The lowest BCUT2D eigenvalue weighted by Crippen LogP contribution is -2.34. The lowest BCUT2D eigenvalue weighted by molar-refractivity contribution is 0.170. The van der Waals surface area contributed by atoms with Gasteiger partial charge in [0.25, 0.3) is 0 Å². The predicted octanol–water partition coefficient (Wildman–Crippen LogP) is 1.24. The third-order valence-electron chi connectivity index (χ3n) is 3.56. The first-order valence-electron chi connectivity index (χ1n) is 6.32. The second kappa shape index (κ2) is 4.13. The van der Waals surface area contributed by atoms with Crippen LogP contribution >= 0.6 is 0 Å². The molecular weight excluding hydrogens is 202 g/mol. The van der Waals surface area contributed by atoms with Crippen LogP contribution in [0.5, 0.6) is 0 Å². The Hall–Kier alpha value is -0.970. The quantitative estimate of drug-likeness (QED) is 0.770. The van der Waals surface area contributed by atoms with Crippen molar-refractivity contribution in [2.24, 2.45) is 5.92 Å². The number of tetrazole rings is 1. The molecule has 0 amide bonds. The first-order chi connectivity index (χ1) is 7.83. The molecule has 1 aromatic rings. The number of aromatic nitrogens is 4. The molecule has 16 heavy (non-hydrogen) atoms. The summed E-state index contributed by atoms with van der Waals surface area (Å²) in [7, 11) is 0. The van der Waals surface area contributed by atoms with Crippen LogP contribution in [0.3, 0.4) is 0 Å². The van der Waals surface area contributed by atoms with Crippen LogP contribution in [-0.2, 0) is 6.54 Å². The predicted molar refractivity (Wildman–Crippen MR) is 59.8 cm³/mol. The van der Waals surface area contributed by atoms with Crippen molar-refractivity contribution in [3.05, 3.63) is 5.82 Å². The van der Waals surface area contributed by atoms with E-state index >= 15 is 0 Å². The fourth-order valence-electron chi connectivity index (χ4n) is 2.55. The molecule has 0 N–H and O–H groups in total. The van der Waals surface area contributed by atoms with Gasteiger partial charge < -0.3 is 0 Å². The van der Waals surface area contributed by atoms with Crippen LogP contribution in [0.2, 0.25) is 0 Å². The average molecular weight is 221 g/mol. The summed E-state index contributed by atoms with van der Waals surface area (Å²) in [6, 6.07) is 0.590. The molecule has 0 radical (unpaired) electrons. The first-order valence-corrected chi connectivity index (χ1v) is 6.32. The first kappa shape index (κ1) is 10.2. The largest absolute Gasteiger partial charge is 0.296 e. The lowest BCUT2D eigenvalue weighted by Gasteiger charge is -2.30. The Labute approximate surface area is 95.8 Å². The molecule has 5 heteroatoms. The minimum absolute atomic E-state index is 0.590. The molecule has 1 saturated heterocycles. The van der Waals surface area contributed by atoms with Gasteiger partial charge in [-0.25, -0.2) is 4.68 Å². The number of hydrogen-bond donors (Lipinski definition) is 0. The van der Waals surface area contributed by atoms with E-state index in [0.717, 1.165) is 18.3 Å². The lowest BCUT2D eigenvalue weighted by atomic mass is 10.0. The van der Waals surface area contributed by atoms with Gasteiger partial charge in [0.15, 0.2) is 5.82 Å². The highest BCUT2D eigenvalue weighted by molar-refractivity contribution is 4.90. The van der Waals surface area contributed by atoms with Crippen molar-refractivity contribution in [2.75, 3.05) is 13.1 Å². The number of nitrogens with zero attached hydrogens (tertiary/aromatic N) is 5. The monoisotopic (exact) mass is 221 g/mol. The topological polar surface area (TPSA) is 46.8 Å². The third kappa shape index (κ3) is 2.09. The molecule has 0 aromatic carbocycles. The van der Waals surface area contributed by atoms with E-state index < -0.39 is 0 Å². The molecule has 3 rings (SSSR count). The number of piperidine rings is 1. The summed E-state index contributed by atoms with van der Waals surface area (Å²) in [5.41, 5.74) is 0. The number of rotatable bonds is 3. The molecule has 2 fully saturated rings. The van der Waals surface area contributed by atoms with Crippen LogP contribution in [0, 0.1) is 5.92 Å². The third-order valence-corrected chi connectivity index (χ3v) is 3.56. The second-order valence-corrected chi connectivity index (χ2v) is 5.25. The molecule has 2 aliphatic rings. The molecule has 5 nitrogen and oxygen atoms in total. The van der Waals surface area contributed by atoms with E-state index in [2.05, 4.69) is 27.3 Å². The fraction of sp³-hybridized carbons (Fsp3) is 0.909. The van der Waals surface area contributed by atoms with Crippen LogP contribution in [0.1, 0.15) is 44.5 Å². The Kier molecular flexibility index (Phi) is 2.63. The molecule has 1 aliphatic heterocycles. The van der Waals surface area contributed by atoms with Crippen molar-refractivity contribution in [1.82, 2.24) is 25.1 Å². The second-order valence-electron chi connectivity index (χ2n) is 5.25. The van der Waals surface area contributed by atoms with E-state index in [-0.39, 0.29) is 0 Å². The normalized spacial score (nSPS) is 27.2. The number of likely N-dealkylation sites (tertiary alicyclic amines) is 1. The molecule has 2 heterocycles. The maximum Gasteiger partial charge on any atom is 0.165 e. The summed E-state index contributed by atoms with van der Waals surface area (Å²) >= 11 is 0. The summed E-state index contributed by atoms with van der Waals surface area (Å²) in [4.78, 5) is 2.48. The van der Waals surface area contributed by atoms with Gasteiger partial charge in [0.05, 0.1) is 12.6 Å². The van der Waals surface area contributed by atoms with E-state index in [1.54, 1.807) is 0 Å². The summed E-state index contributed by atoms with van der Waals surface area (Å²) in [6.07, 6.45) is 5.17. The van der Waals surface area contributed by atoms with Crippen molar-refractivity contribution >= 4 is 0 Å². The van der Waals surface area contributed by atoms with Crippen molar-refractivity contribution in [3.63, 3.8) is 0 Å². The highest BCUT2D eigenvalue weighted by Gasteiger charge is 2.28. The van der Waals surface area contributed by atoms with Crippen LogP contribution in [-0.4, -0.2) is 38.2 Å². The number of hydrogen-bond acceptors (Lipinski definition) is 4. The molecule has 0 spiro atoms. The van der Waals surface area contributed by atoms with Crippen LogP contribution in [0.15, 0.2) is 0 Å². The Balaban J connectivity index is 1.66. The highest BCUT2D eigenvalue weighted by atomic mass is 15.6. The summed E-state index contributed by atoms with van der Waals surface area (Å²) in [5.74, 6) is 1.87. The summed E-state index contributed by atoms with van der Waals surface area (Å²) in [6.45, 7) is 5.64. The highest BCUT2D eigenvalue weighted by Crippen LogP contribution is 2.34. The fourth-order valence-corrected chi connectivity index (χ4v) is 2.55. The Bertz CT molecular complexity index is 357. The maximum absolute atomic E-state index is 4.16. The van der Waals surface area contributed by atoms with E-state index in [4.69, 9.17) is 0 Å². The minimum atomic E-state index is 0.590. The van der Waals surface area contributed by atoms with E-state index in [9.17, 15) is 0 Å². The molecule has 0 bridgehead atoms. The zero-order valence-electron chi connectivity index (χ0n) is 9.84. The SMILES string of the molecule is C[C@@H]1CCCN(Cc2nnnn2C2CC2)C1. The zero-order chi connectivity index (χ0) is 11.0. The van der Waals surface area contributed by atoms with Gasteiger partial charge in [0.2, 0.25) is 0 Å².